The maximum absolute atomic E-state index is 6.27. The zero-order valence-corrected chi connectivity index (χ0v) is 70.1. The molecule has 21 aromatic carbocycles. The van der Waals surface area contributed by atoms with Gasteiger partial charge in [0.15, 0.2) is 0 Å². The maximum Gasteiger partial charge on any atom is 0.494 e. The first-order valence-electron chi connectivity index (χ1n) is 42.1. The molecule has 21 aromatic rings. The quantitative estimate of drug-likeness (QED) is 0.0897. The van der Waals surface area contributed by atoms with Crippen LogP contribution < -0.4 is 5.46 Å². The van der Waals surface area contributed by atoms with Crippen LogP contribution in [0.25, 0.3) is 198 Å². The summed E-state index contributed by atoms with van der Waals surface area (Å²) in [5.74, 6) is 0. The van der Waals surface area contributed by atoms with Crippen molar-refractivity contribution < 1.29 is 9.31 Å². The monoisotopic (exact) mass is 1660 g/mol. The van der Waals surface area contributed by atoms with Gasteiger partial charge in [0.25, 0.3) is 0 Å². The van der Waals surface area contributed by atoms with Crippen molar-refractivity contribution >= 4 is 104 Å². The van der Waals surface area contributed by atoms with E-state index in [0.29, 0.717) is 0 Å². The molecular formula is C120H94BBrO2. The molecule has 124 heavy (non-hydrogen) atoms. The summed E-state index contributed by atoms with van der Waals surface area (Å²) < 4.78 is 13.6. The molecule has 1 saturated heterocycles. The molecule has 0 aliphatic carbocycles. The van der Waals surface area contributed by atoms with Crippen LogP contribution in [0.1, 0.15) is 42.5 Å². The van der Waals surface area contributed by atoms with Crippen molar-refractivity contribution in [3.05, 3.63) is 453 Å². The van der Waals surface area contributed by atoms with Crippen LogP contribution in [0.2, 0.25) is 0 Å². The van der Waals surface area contributed by atoms with Gasteiger partial charge in [0.1, 0.15) is 0 Å². The predicted octanol–water partition coefficient (Wildman–Crippen LogP) is 33.8. The van der Waals surface area contributed by atoms with Crippen molar-refractivity contribution in [1.82, 2.24) is 0 Å². The summed E-state index contributed by atoms with van der Waals surface area (Å²) in [5, 5.41) is 17.7. The third-order valence-electron chi connectivity index (χ3n) is 24.8. The Bertz CT molecular complexity index is 7400. The van der Waals surface area contributed by atoms with E-state index in [9.17, 15) is 0 Å². The van der Waals surface area contributed by atoms with Crippen LogP contribution in [-0.2, 0) is 9.31 Å². The molecule has 0 bridgehead atoms. The normalized spacial score (nSPS) is 12.6. The largest absolute Gasteiger partial charge is 0.494 e. The lowest BCUT2D eigenvalue weighted by molar-refractivity contribution is 0.00578. The fourth-order valence-corrected chi connectivity index (χ4v) is 18.4. The minimum atomic E-state index is -0.360. The van der Waals surface area contributed by atoms with Crippen molar-refractivity contribution in [3.8, 4) is 122 Å². The Kier molecular flexibility index (Phi) is 22.7. The molecule has 1 fully saturated rings. The number of fused-ring (bicyclic) bond motifs is 7. The van der Waals surface area contributed by atoms with Crippen LogP contribution in [0, 0.1) is 0 Å². The number of hydrogen-bond acceptors (Lipinski definition) is 2. The van der Waals surface area contributed by atoms with Gasteiger partial charge < -0.3 is 9.31 Å². The highest BCUT2D eigenvalue weighted by Crippen LogP contribution is 2.49. The Balaban J connectivity index is 0.000000131. The fourth-order valence-electron chi connectivity index (χ4n) is 18.0. The molecule has 2 nitrogen and oxygen atoms in total. The molecule has 0 amide bonds. The minimum absolute atomic E-state index is 0. The summed E-state index contributed by atoms with van der Waals surface area (Å²) in [7, 11) is -0.360. The number of halogens is 1. The number of rotatable bonds is 12. The molecule has 22 rings (SSSR count). The van der Waals surface area contributed by atoms with Gasteiger partial charge >= 0.3 is 7.12 Å². The van der Waals surface area contributed by atoms with E-state index in [4.69, 9.17) is 9.31 Å². The molecule has 0 spiro atoms. The second-order valence-electron chi connectivity index (χ2n) is 32.9. The highest BCUT2D eigenvalue weighted by molar-refractivity contribution is 9.10. The molecular weight excluding hydrogens is 1560 g/mol. The van der Waals surface area contributed by atoms with Crippen LogP contribution in [0.4, 0.5) is 0 Å². The molecule has 0 N–H and O–H groups in total. The highest BCUT2D eigenvalue weighted by Gasteiger charge is 2.51. The van der Waals surface area contributed by atoms with Crippen LogP contribution in [0.3, 0.4) is 0 Å². The lowest BCUT2D eigenvalue weighted by Gasteiger charge is -2.32. The average Bonchev–Trinajstić information content (AvgIpc) is 0.890. The zero-order chi connectivity index (χ0) is 82.3. The van der Waals surface area contributed by atoms with Crippen molar-refractivity contribution in [2.45, 2.75) is 53.8 Å². The summed E-state index contributed by atoms with van der Waals surface area (Å²) in [6.45, 7) is 8.35. The van der Waals surface area contributed by atoms with Crippen LogP contribution >= 0.6 is 15.9 Å². The van der Waals surface area contributed by atoms with Gasteiger partial charge in [-0.1, -0.05) is 419 Å². The molecule has 0 atom stereocenters. The standard InChI is InChI=1S/C54H36.C34H21Br.C30H29BO2.2CH4/c1-3-14-37(15-4-1)39-18-11-19-40(32-39)41-20-12-21-42(33-41)43-22-13-23-44(34-43)45-28-29-47-36-48(31-30-46(47)35-45)54-51-26-9-7-24-49(51)53(38-16-5-2-6-17-38)50-25-8-10-27-52(50)54;35-26-19-18-23-20-25(17-16-24(23)21-26)33-29-11-3-5-13-31(29)34(32-14-6-4-12-30(32)33)28-15-7-9-22-8-1-2-10-27(22)28;1-29(2)30(3,4)33-31(32-29)28-18-10-17-27(21-28)26-16-9-15-25(20-26)24-14-8-13-23(19-24)22-11-6-5-7-12-22;;/h1-36H;1-21H;5-21H,1-4H3;2*1H4. The lowest BCUT2D eigenvalue weighted by Crippen LogP contribution is -2.41. The first kappa shape index (κ1) is 80.9. The van der Waals surface area contributed by atoms with Gasteiger partial charge in [-0.25, -0.2) is 0 Å². The van der Waals surface area contributed by atoms with Gasteiger partial charge in [0.2, 0.25) is 0 Å². The van der Waals surface area contributed by atoms with Crippen LogP contribution in [0.15, 0.2) is 453 Å². The van der Waals surface area contributed by atoms with Gasteiger partial charge in [-0.15, -0.1) is 0 Å². The minimum Gasteiger partial charge on any atom is -0.399 e. The van der Waals surface area contributed by atoms with E-state index in [2.05, 4.69) is 493 Å². The fraction of sp³-hybridized carbons (Fsp3) is 0.0667. The Morgan fingerprint density at radius 3 is 0.823 bits per heavy atom. The van der Waals surface area contributed by atoms with E-state index in [0.717, 1.165) is 15.5 Å². The van der Waals surface area contributed by atoms with Crippen molar-refractivity contribution in [2.75, 3.05) is 0 Å². The molecule has 1 aliphatic heterocycles. The summed E-state index contributed by atoms with van der Waals surface area (Å²) in [6.07, 6.45) is 0. The number of benzene rings is 21. The summed E-state index contributed by atoms with van der Waals surface area (Å²) in [5.41, 5.74) is 27.5. The van der Waals surface area contributed by atoms with Crippen molar-refractivity contribution in [3.63, 3.8) is 0 Å². The summed E-state index contributed by atoms with van der Waals surface area (Å²) in [4.78, 5) is 0. The topological polar surface area (TPSA) is 18.5 Å². The van der Waals surface area contributed by atoms with E-state index < -0.39 is 0 Å². The predicted molar refractivity (Wildman–Crippen MR) is 539 cm³/mol. The second kappa shape index (κ2) is 34.8. The van der Waals surface area contributed by atoms with Crippen molar-refractivity contribution in [2.24, 2.45) is 0 Å². The molecule has 4 heteroatoms. The Morgan fingerprint density at radius 1 is 0.185 bits per heavy atom. The summed E-state index contributed by atoms with van der Waals surface area (Å²) >= 11 is 3.61. The van der Waals surface area contributed by atoms with Gasteiger partial charge in [-0.05, 0) is 292 Å². The van der Waals surface area contributed by atoms with E-state index in [-0.39, 0.29) is 33.2 Å². The molecule has 0 saturated carbocycles. The lowest BCUT2D eigenvalue weighted by atomic mass is 9.78. The van der Waals surface area contributed by atoms with Crippen molar-refractivity contribution in [1.29, 1.82) is 0 Å². The van der Waals surface area contributed by atoms with E-state index in [1.165, 1.54) is 192 Å². The molecule has 1 heterocycles. The van der Waals surface area contributed by atoms with E-state index in [1.54, 1.807) is 0 Å². The summed E-state index contributed by atoms with van der Waals surface area (Å²) in [6, 6.07) is 162. The van der Waals surface area contributed by atoms with E-state index in [1.807, 2.05) is 0 Å². The van der Waals surface area contributed by atoms with Crippen LogP contribution in [0.5, 0.6) is 0 Å². The van der Waals surface area contributed by atoms with Gasteiger partial charge in [0.05, 0.1) is 11.2 Å². The zero-order valence-electron chi connectivity index (χ0n) is 68.5. The Labute approximate surface area is 737 Å². The molecule has 0 radical (unpaired) electrons. The molecule has 1 aliphatic rings. The number of hydrogen-bond donors (Lipinski definition) is 0. The van der Waals surface area contributed by atoms with E-state index >= 15 is 0 Å². The first-order chi connectivity index (χ1) is 59.9. The van der Waals surface area contributed by atoms with Crippen LogP contribution in [-0.4, -0.2) is 18.3 Å². The third-order valence-corrected chi connectivity index (χ3v) is 25.3. The molecule has 0 unspecified atom stereocenters. The maximum atomic E-state index is 6.27. The first-order valence-corrected chi connectivity index (χ1v) is 42.9. The Morgan fingerprint density at radius 2 is 0.435 bits per heavy atom. The third kappa shape index (κ3) is 16.0. The van der Waals surface area contributed by atoms with Gasteiger partial charge in [-0.3, -0.25) is 0 Å². The average molecular weight is 1660 g/mol. The SMILES string of the molecule is Brc1ccc2cc(-c3c4ccccc4c(-c4cccc5ccccc45)c4ccccc34)ccc2c1.C.C.CC1(C)OB(c2cccc(-c3cccc(-c4cccc(-c5ccccc5)c4)c3)c2)OC1(C)C.c1ccc(-c2cccc(-c3cccc(-c4cccc(-c5ccc6cc(-c7c8ccccc8c(-c8ccccc8)c8ccccc78)ccc6c5)c4)c3)c2)cc1. The second-order valence-corrected chi connectivity index (χ2v) is 33.8. The van der Waals surface area contributed by atoms with Gasteiger partial charge in [0, 0.05) is 4.47 Å². The van der Waals surface area contributed by atoms with Gasteiger partial charge in [-0.2, -0.15) is 0 Å². The Hall–Kier alpha value is -14.1. The smallest absolute Gasteiger partial charge is 0.399 e. The molecule has 0 aromatic heterocycles. The molecule has 596 valence electrons. The highest BCUT2D eigenvalue weighted by atomic mass is 79.9.